The Labute approximate surface area is 103 Å². The first-order valence-electron chi connectivity index (χ1n) is 5.64. The molecule has 1 N–H and O–H groups in total. The second kappa shape index (κ2) is 4.68. The molecule has 0 bridgehead atoms. The summed E-state index contributed by atoms with van der Waals surface area (Å²) in [5, 5.41) is 3.13. The second-order valence-electron chi connectivity index (χ2n) is 4.90. The number of anilines is 1. The van der Waals surface area contributed by atoms with E-state index >= 15 is 0 Å². The molecule has 0 saturated carbocycles. The van der Waals surface area contributed by atoms with Gasteiger partial charge < -0.3 is 9.88 Å². The molecule has 17 heavy (non-hydrogen) atoms. The van der Waals surface area contributed by atoms with Crippen LogP contribution >= 0.6 is 0 Å². The lowest BCUT2D eigenvalue weighted by Crippen LogP contribution is -2.36. The maximum atomic E-state index is 11.7. The number of aryl methyl sites for hydroxylation is 1. The summed E-state index contributed by atoms with van der Waals surface area (Å²) in [5.41, 5.74) is 0.880. The summed E-state index contributed by atoms with van der Waals surface area (Å²) < 4.78 is 24.4. The molecule has 0 radical (unpaired) electrons. The van der Waals surface area contributed by atoms with Gasteiger partial charge in [0.15, 0.2) is 9.84 Å². The monoisotopic (exact) mass is 259 g/mol. The highest BCUT2D eigenvalue weighted by Gasteiger charge is 2.31. The van der Waals surface area contributed by atoms with E-state index in [1.807, 2.05) is 24.6 Å². The van der Waals surface area contributed by atoms with Crippen molar-refractivity contribution in [1.29, 1.82) is 0 Å². The second-order valence-corrected chi connectivity index (χ2v) is 7.55. The van der Waals surface area contributed by atoms with Gasteiger partial charge in [-0.3, -0.25) is 0 Å². The fourth-order valence-corrected chi connectivity index (χ4v) is 1.87. The number of imidazole rings is 1. The van der Waals surface area contributed by atoms with Crippen molar-refractivity contribution >= 4 is 15.8 Å². The van der Waals surface area contributed by atoms with Gasteiger partial charge in [0.2, 0.25) is 5.95 Å². The van der Waals surface area contributed by atoms with Crippen molar-refractivity contribution in [2.75, 3.05) is 18.1 Å². The van der Waals surface area contributed by atoms with Crippen molar-refractivity contribution in [2.24, 2.45) is 0 Å². The molecule has 0 aliphatic rings. The number of nitrogens with one attached hydrogen (secondary N) is 1. The van der Waals surface area contributed by atoms with Gasteiger partial charge in [-0.05, 0) is 27.7 Å². The van der Waals surface area contributed by atoms with Crippen LogP contribution in [-0.2, 0) is 16.4 Å². The molecule has 6 heteroatoms. The number of hydrogen-bond donors (Lipinski definition) is 1. The molecular formula is C11H21N3O2S. The van der Waals surface area contributed by atoms with Crippen LogP contribution in [0.2, 0.25) is 0 Å². The van der Waals surface area contributed by atoms with Crippen LogP contribution in [0.3, 0.4) is 0 Å². The van der Waals surface area contributed by atoms with E-state index in [1.54, 1.807) is 13.8 Å². The van der Waals surface area contributed by atoms with Gasteiger partial charge in [0.25, 0.3) is 0 Å². The quantitative estimate of drug-likeness (QED) is 0.869. The van der Waals surface area contributed by atoms with Crippen LogP contribution in [0.25, 0.3) is 0 Å². The predicted octanol–water partition coefficient (Wildman–Crippen LogP) is 1.45. The summed E-state index contributed by atoms with van der Waals surface area (Å²) in [6, 6.07) is 0. The van der Waals surface area contributed by atoms with E-state index in [2.05, 4.69) is 10.3 Å². The van der Waals surface area contributed by atoms with Gasteiger partial charge in [0.1, 0.15) is 0 Å². The minimum absolute atomic E-state index is 0.398. The minimum atomic E-state index is -3.10. The minimum Gasteiger partial charge on any atom is -0.356 e. The van der Waals surface area contributed by atoms with Crippen LogP contribution in [0.15, 0.2) is 6.20 Å². The summed E-state index contributed by atoms with van der Waals surface area (Å²) in [7, 11) is -3.10. The Hall–Kier alpha value is -1.04. The SMILES string of the molecule is CCNc1nc(C)cn1CC(C)(C)S(C)(=O)=O. The van der Waals surface area contributed by atoms with E-state index in [9.17, 15) is 8.42 Å². The molecule has 0 amide bonds. The zero-order valence-electron chi connectivity index (χ0n) is 11.1. The average Bonchev–Trinajstić information content (AvgIpc) is 2.44. The summed E-state index contributed by atoms with van der Waals surface area (Å²) in [6.45, 7) is 8.49. The molecule has 0 spiro atoms. The molecule has 0 saturated heterocycles. The molecule has 1 aromatic rings. The smallest absolute Gasteiger partial charge is 0.203 e. The zero-order valence-corrected chi connectivity index (χ0v) is 11.9. The maximum absolute atomic E-state index is 11.7. The molecule has 0 aromatic carbocycles. The normalized spacial score (nSPS) is 12.8. The standard InChI is InChI=1S/C11H21N3O2S/c1-6-12-10-13-9(2)7-14(10)8-11(3,4)17(5,15)16/h7H,6,8H2,1-5H3,(H,12,13). The van der Waals surface area contributed by atoms with E-state index in [0.29, 0.717) is 6.54 Å². The largest absolute Gasteiger partial charge is 0.356 e. The summed E-state index contributed by atoms with van der Waals surface area (Å²) in [6.07, 6.45) is 3.13. The summed E-state index contributed by atoms with van der Waals surface area (Å²) in [5.74, 6) is 0.724. The molecule has 98 valence electrons. The Balaban J connectivity index is 3.03. The van der Waals surface area contributed by atoms with Gasteiger partial charge in [-0.2, -0.15) is 0 Å². The zero-order chi connectivity index (χ0) is 13.3. The fourth-order valence-electron chi connectivity index (χ4n) is 1.49. The molecule has 0 atom stereocenters. The van der Waals surface area contributed by atoms with Gasteiger partial charge in [-0.1, -0.05) is 0 Å². The molecule has 0 aliphatic carbocycles. The fraction of sp³-hybridized carbons (Fsp3) is 0.727. The highest BCUT2D eigenvalue weighted by molar-refractivity contribution is 7.92. The van der Waals surface area contributed by atoms with Crippen molar-refractivity contribution in [1.82, 2.24) is 9.55 Å². The number of hydrogen-bond acceptors (Lipinski definition) is 4. The molecule has 0 fully saturated rings. The molecule has 5 nitrogen and oxygen atoms in total. The number of aromatic nitrogens is 2. The van der Waals surface area contributed by atoms with Crippen LogP contribution in [0, 0.1) is 6.92 Å². The molecule has 1 aromatic heterocycles. The van der Waals surface area contributed by atoms with E-state index in [4.69, 9.17) is 0 Å². The Morgan fingerprint density at radius 2 is 2.06 bits per heavy atom. The van der Waals surface area contributed by atoms with Crippen molar-refractivity contribution in [3.8, 4) is 0 Å². The van der Waals surface area contributed by atoms with E-state index in [-0.39, 0.29) is 0 Å². The molecule has 1 rings (SSSR count). The van der Waals surface area contributed by atoms with E-state index in [1.165, 1.54) is 6.26 Å². The van der Waals surface area contributed by atoms with Crippen LogP contribution in [0.1, 0.15) is 26.5 Å². The number of rotatable bonds is 5. The van der Waals surface area contributed by atoms with Gasteiger partial charge >= 0.3 is 0 Å². The average molecular weight is 259 g/mol. The van der Waals surface area contributed by atoms with Crippen LogP contribution in [-0.4, -0.2) is 35.5 Å². The molecule has 0 aliphatic heterocycles. The molecule has 0 unspecified atom stereocenters. The van der Waals surface area contributed by atoms with Crippen LogP contribution in [0.5, 0.6) is 0 Å². The van der Waals surface area contributed by atoms with Gasteiger partial charge in [-0.15, -0.1) is 0 Å². The van der Waals surface area contributed by atoms with Gasteiger partial charge in [0.05, 0.1) is 10.4 Å². The molecule has 1 heterocycles. The third-order valence-electron chi connectivity index (χ3n) is 2.79. The van der Waals surface area contributed by atoms with Gasteiger partial charge in [0, 0.05) is 25.5 Å². The molecular weight excluding hydrogens is 238 g/mol. The van der Waals surface area contributed by atoms with Crippen molar-refractivity contribution < 1.29 is 8.42 Å². The number of sulfone groups is 1. The van der Waals surface area contributed by atoms with Crippen LogP contribution < -0.4 is 5.32 Å². The van der Waals surface area contributed by atoms with Crippen molar-refractivity contribution in [3.63, 3.8) is 0 Å². The third-order valence-corrected chi connectivity index (χ3v) is 4.92. The topological polar surface area (TPSA) is 64.0 Å². The lowest BCUT2D eigenvalue weighted by molar-refractivity contribution is 0.504. The van der Waals surface area contributed by atoms with E-state index < -0.39 is 14.6 Å². The summed E-state index contributed by atoms with van der Waals surface area (Å²) >= 11 is 0. The Bertz CT molecular complexity index is 489. The van der Waals surface area contributed by atoms with Crippen LogP contribution in [0.4, 0.5) is 5.95 Å². The van der Waals surface area contributed by atoms with E-state index in [0.717, 1.165) is 18.2 Å². The lowest BCUT2D eigenvalue weighted by atomic mass is 10.2. The maximum Gasteiger partial charge on any atom is 0.203 e. The first-order chi connectivity index (χ1) is 7.67. The number of nitrogens with zero attached hydrogens (tertiary/aromatic N) is 2. The third kappa shape index (κ3) is 3.21. The summed E-state index contributed by atoms with van der Waals surface area (Å²) in [4.78, 5) is 4.32. The lowest BCUT2D eigenvalue weighted by Gasteiger charge is -2.23. The van der Waals surface area contributed by atoms with Gasteiger partial charge in [-0.25, -0.2) is 13.4 Å². The predicted molar refractivity (Wildman–Crippen MR) is 70.1 cm³/mol. The first-order valence-corrected chi connectivity index (χ1v) is 7.54. The highest BCUT2D eigenvalue weighted by Crippen LogP contribution is 2.20. The van der Waals surface area contributed by atoms with Crippen molar-refractivity contribution in [2.45, 2.75) is 39.0 Å². The first kappa shape index (κ1) is 14.0. The Kier molecular flexibility index (Phi) is 3.86. The Morgan fingerprint density at radius 1 is 1.47 bits per heavy atom. The Morgan fingerprint density at radius 3 is 2.53 bits per heavy atom. The highest BCUT2D eigenvalue weighted by atomic mass is 32.2. The van der Waals surface area contributed by atoms with Crippen molar-refractivity contribution in [3.05, 3.63) is 11.9 Å².